The number of nitrogens with zero attached hydrogens (tertiary/aromatic N) is 1. The molecule has 0 bridgehead atoms. The molecule has 0 saturated carbocycles. The Labute approximate surface area is 204 Å². The Hall–Kier alpha value is -3.39. The number of rotatable bonds is 7. The van der Waals surface area contributed by atoms with Gasteiger partial charge >= 0.3 is 5.97 Å². The van der Waals surface area contributed by atoms with E-state index in [2.05, 4.69) is 5.32 Å². The molecular formula is C27H32N2O6. The van der Waals surface area contributed by atoms with Gasteiger partial charge in [0.05, 0.1) is 18.4 Å². The van der Waals surface area contributed by atoms with E-state index in [0.29, 0.717) is 17.9 Å². The van der Waals surface area contributed by atoms with Crippen LogP contribution < -0.4 is 10.1 Å². The third-order valence-corrected chi connectivity index (χ3v) is 6.84. The molecule has 4 rings (SSSR count). The van der Waals surface area contributed by atoms with Crippen molar-refractivity contribution in [2.75, 3.05) is 6.61 Å². The summed E-state index contributed by atoms with van der Waals surface area (Å²) in [6.45, 7) is 7.91. The van der Waals surface area contributed by atoms with Crippen LogP contribution in [-0.4, -0.2) is 50.6 Å². The smallest absolute Gasteiger partial charge is 0.325 e. The number of aliphatic carboxylic acids is 1. The van der Waals surface area contributed by atoms with Crippen molar-refractivity contribution in [3.8, 4) is 11.5 Å². The maximum absolute atomic E-state index is 13.7. The molecule has 2 aliphatic rings. The Morgan fingerprint density at radius 2 is 1.69 bits per heavy atom. The zero-order valence-electron chi connectivity index (χ0n) is 20.4. The molecule has 0 aromatic heterocycles. The number of aromatic hydroxyl groups is 1. The lowest BCUT2D eigenvalue weighted by molar-refractivity contribution is -0.153. The summed E-state index contributed by atoms with van der Waals surface area (Å²) in [5.41, 5.74) is -1.13. The van der Waals surface area contributed by atoms with Crippen molar-refractivity contribution in [1.82, 2.24) is 10.2 Å². The Balaban J connectivity index is 1.80. The number of hydrogen-bond donors (Lipinski definition) is 3. The number of fused-ring (bicyclic) bond motifs is 1. The van der Waals surface area contributed by atoms with Crippen LogP contribution in [0.25, 0.3) is 0 Å². The van der Waals surface area contributed by atoms with Crippen molar-refractivity contribution in [2.24, 2.45) is 11.8 Å². The molecule has 2 amide bonds. The standard InChI is InChI=1S/C27H32N2O6/c1-5-14-35-19-12-8-17(9-13-19)22-20-21(24(32)29(23(20)31)26(2,3)4)27(28-22,25(33)34)15-16-6-10-18(30)11-7-16/h6-13,20-22,28,30H,5,14-15H2,1-4H3,(H,33,34). The number of carboxylic acid groups (broad SMARTS) is 1. The number of phenols is 1. The predicted octanol–water partition coefficient (Wildman–Crippen LogP) is 3.29. The molecule has 2 heterocycles. The van der Waals surface area contributed by atoms with E-state index >= 15 is 0 Å². The van der Waals surface area contributed by atoms with Crippen LogP contribution in [0.4, 0.5) is 0 Å². The van der Waals surface area contributed by atoms with Crippen molar-refractivity contribution < 1.29 is 29.3 Å². The molecule has 0 radical (unpaired) electrons. The molecule has 4 unspecified atom stereocenters. The fourth-order valence-corrected chi connectivity index (χ4v) is 5.31. The molecule has 35 heavy (non-hydrogen) atoms. The maximum atomic E-state index is 13.7. The number of carbonyl (C=O) groups excluding carboxylic acids is 2. The highest BCUT2D eigenvalue weighted by atomic mass is 16.5. The maximum Gasteiger partial charge on any atom is 0.325 e. The van der Waals surface area contributed by atoms with Gasteiger partial charge in [0.1, 0.15) is 17.0 Å². The van der Waals surface area contributed by atoms with E-state index in [9.17, 15) is 24.6 Å². The van der Waals surface area contributed by atoms with E-state index in [1.54, 1.807) is 45.0 Å². The van der Waals surface area contributed by atoms with Crippen LogP contribution in [0.2, 0.25) is 0 Å². The van der Waals surface area contributed by atoms with E-state index < -0.39 is 40.8 Å². The van der Waals surface area contributed by atoms with Crippen molar-refractivity contribution in [3.05, 3.63) is 59.7 Å². The quantitative estimate of drug-likeness (QED) is 0.521. The molecule has 8 nitrogen and oxygen atoms in total. The molecule has 3 N–H and O–H groups in total. The highest BCUT2D eigenvalue weighted by Gasteiger charge is 2.69. The summed E-state index contributed by atoms with van der Waals surface area (Å²) < 4.78 is 5.66. The normalized spacial score (nSPS) is 26.2. The van der Waals surface area contributed by atoms with Crippen molar-refractivity contribution in [2.45, 2.75) is 57.7 Å². The third kappa shape index (κ3) is 4.27. The number of carboxylic acids is 1. The fourth-order valence-electron chi connectivity index (χ4n) is 5.31. The Bertz CT molecular complexity index is 1120. The van der Waals surface area contributed by atoms with E-state index in [1.165, 1.54) is 17.0 Å². The summed E-state index contributed by atoms with van der Waals surface area (Å²) in [7, 11) is 0. The Morgan fingerprint density at radius 1 is 1.06 bits per heavy atom. The molecule has 4 atom stereocenters. The van der Waals surface area contributed by atoms with Gasteiger partial charge in [-0.3, -0.25) is 24.6 Å². The van der Waals surface area contributed by atoms with Crippen LogP contribution in [0.15, 0.2) is 48.5 Å². The summed E-state index contributed by atoms with van der Waals surface area (Å²) in [6.07, 6.45) is 0.850. The van der Waals surface area contributed by atoms with Gasteiger partial charge in [0.25, 0.3) is 0 Å². The Morgan fingerprint density at radius 3 is 2.23 bits per heavy atom. The first-order valence-electron chi connectivity index (χ1n) is 11.9. The van der Waals surface area contributed by atoms with Gasteiger partial charge in [-0.1, -0.05) is 31.2 Å². The van der Waals surface area contributed by atoms with Gasteiger partial charge in [0.15, 0.2) is 0 Å². The second kappa shape index (κ2) is 9.00. The summed E-state index contributed by atoms with van der Waals surface area (Å²) >= 11 is 0. The summed E-state index contributed by atoms with van der Waals surface area (Å²) in [4.78, 5) is 41.5. The summed E-state index contributed by atoms with van der Waals surface area (Å²) in [6, 6.07) is 12.8. The van der Waals surface area contributed by atoms with Crippen molar-refractivity contribution in [3.63, 3.8) is 0 Å². The monoisotopic (exact) mass is 480 g/mol. The lowest BCUT2D eigenvalue weighted by Gasteiger charge is -2.35. The van der Waals surface area contributed by atoms with E-state index in [1.807, 2.05) is 19.1 Å². The van der Waals surface area contributed by atoms with Gasteiger partial charge in [0.2, 0.25) is 11.8 Å². The molecule has 0 spiro atoms. The van der Waals surface area contributed by atoms with Crippen LogP contribution in [0.5, 0.6) is 11.5 Å². The molecule has 2 aromatic carbocycles. The fraction of sp³-hybridized carbons (Fsp3) is 0.444. The molecule has 0 aliphatic carbocycles. The van der Waals surface area contributed by atoms with Gasteiger partial charge in [-0.15, -0.1) is 0 Å². The first-order valence-corrected chi connectivity index (χ1v) is 11.9. The number of imide groups is 1. The lowest BCUT2D eigenvalue weighted by Crippen LogP contribution is -2.58. The largest absolute Gasteiger partial charge is 0.508 e. The molecule has 8 heteroatoms. The highest BCUT2D eigenvalue weighted by Crippen LogP contribution is 2.51. The average Bonchev–Trinajstić information content (AvgIpc) is 3.28. The topological polar surface area (TPSA) is 116 Å². The van der Waals surface area contributed by atoms with Gasteiger partial charge in [0, 0.05) is 18.0 Å². The van der Waals surface area contributed by atoms with Crippen LogP contribution >= 0.6 is 0 Å². The first kappa shape index (κ1) is 24.7. The van der Waals surface area contributed by atoms with Gasteiger partial charge in [-0.2, -0.15) is 0 Å². The first-order chi connectivity index (χ1) is 16.5. The Kier molecular flexibility index (Phi) is 6.36. The molecule has 2 aromatic rings. The van der Waals surface area contributed by atoms with Crippen molar-refractivity contribution in [1.29, 1.82) is 0 Å². The highest BCUT2D eigenvalue weighted by molar-refractivity contribution is 6.10. The van der Waals surface area contributed by atoms with Gasteiger partial charge < -0.3 is 14.9 Å². The van der Waals surface area contributed by atoms with E-state index in [0.717, 1.165) is 12.0 Å². The third-order valence-electron chi connectivity index (χ3n) is 6.84. The van der Waals surface area contributed by atoms with Crippen LogP contribution in [-0.2, 0) is 20.8 Å². The summed E-state index contributed by atoms with van der Waals surface area (Å²) in [5.74, 6) is -3.24. The number of benzene rings is 2. The SMILES string of the molecule is CCCOc1ccc(C2NC(Cc3ccc(O)cc3)(C(=O)O)C3C(=O)N(C(C)(C)C)C(=O)C23)cc1. The van der Waals surface area contributed by atoms with E-state index in [4.69, 9.17) is 4.74 Å². The number of nitrogens with one attached hydrogen (secondary N) is 1. The van der Waals surface area contributed by atoms with Crippen molar-refractivity contribution >= 4 is 17.8 Å². The molecule has 2 fully saturated rings. The minimum absolute atomic E-state index is 0.0189. The summed E-state index contributed by atoms with van der Waals surface area (Å²) in [5, 5.41) is 23.4. The molecule has 2 aliphatic heterocycles. The lowest BCUT2D eigenvalue weighted by atomic mass is 9.76. The second-order valence-electron chi connectivity index (χ2n) is 10.3. The van der Waals surface area contributed by atoms with Crippen LogP contribution in [0.3, 0.4) is 0 Å². The molecule has 2 saturated heterocycles. The number of carbonyl (C=O) groups is 3. The average molecular weight is 481 g/mol. The number of phenolic OH excluding ortho intramolecular Hbond substituents is 1. The van der Waals surface area contributed by atoms with Crippen LogP contribution in [0, 0.1) is 11.8 Å². The number of ether oxygens (including phenoxy) is 1. The number of amides is 2. The zero-order valence-corrected chi connectivity index (χ0v) is 20.4. The number of hydrogen-bond acceptors (Lipinski definition) is 6. The van der Waals surface area contributed by atoms with Crippen LogP contribution in [0.1, 0.15) is 51.3 Å². The second-order valence-corrected chi connectivity index (χ2v) is 10.3. The van der Waals surface area contributed by atoms with E-state index in [-0.39, 0.29) is 18.1 Å². The zero-order chi connectivity index (χ0) is 25.5. The van der Waals surface area contributed by atoms with Gasteiger partial charge in [-0.05, 0) is 62.6 Å². The predicted molar refractivity (Wildman–Crippen MR) is 129 cm³/mol. The minimum Gasteiger partial charge on any atom is -0.508 e. The minimum atomic E-state index is -1.70. The molecule has 186 valence electrons. The molecular weight excluding hydrogens is 448 g/mol. The number of likely N-dealkylation sites (tertiary alicyclic amines) is 1. The van der Waals surface area contributed by atoms with Gasteiger partial charge in [-0.25, -0.2) is 0 Å².